The van der Waals surface area contributed by atoms with Crippen molar-refractivity contribution in [3.05, 3.63) is 23.6 Å². The van der Waals surface area contributed by atoms with Gasteiger partial charge in [0.05, 0.1) is 18.1 Å². The van der Waals surface area contributed by atoms with Gasteiger partial charge in [0, 0.05) is 30.9 Å². The van der Waals surface area contributed by atoms with E-state index in [1.165, 1.54) is 0 Å². The summed E-state index contributed by atoms with van der Waals surface area (Å²) in [6.45, 7) is 16.4. The van der Waals surface area contributed by atoms with Crippen LogP contribution in [-0.4, -0.2) is 58.4 Å². The first-order valence-electron chi connectivity index (χ1n) is 11.4. The molecule has 1 saturated heterocycles. The van der Waals surface area contributed by atoms with Crippen LogP contribution in [0.25, 0.3) is 0 Å². The van der Waals surface area contributed by atoms with E-state index >= 15 is 0 Å². The van der Waals surface area contributed by atoms with Gasteiger partial charge in [0.2, 0.25) is 5.91 Å². The highest BCUT2D eigenvalue weighted by atomic mass is 16.5. The first-order chi connectivity index (χ1) is 13.9. The minimum Gasteiger partial charge on any atom is -0.490 e. The van der Waals surface area contributed by atoms with Crippen molar-refractivity contribution in [3.8, 4) is 0 Å². The maximum Gasteiger partial charge on any atom is 0.250 e. The summed E-state index contributed by atoms with van der Waals surface area (Å²) < 4.78 is 6.19. The molecule has 0 aliphatic carbocycles. The molecule has 3 aliphatic rings. The average Bonchev–Trinajstić information content (AvgIpc) is 3.24. The molecule has 30 heavy (non-hydrogen) atoms. The van der Waals surface area contributed by atoms with Crippen molar-refractivity contribution >= 4 is 11.8 Å². The smallest absolute Gasteiger partial charge is 0.250 e. The first-order valence-corrected chi connectivity index (χ1v) is 11.4. The molecule has 0 radical (unpaired) electrons. The topological polar surface area (TPSA) is 61.9 Å². The number of carbonyl (C=O) groups is 2. The zero-order valence-corrected chi connectivity index (χ0v) is 19.7. The van der Waals surface area contributed by atoms with Crippen molar-refractivity contribution < 1.29 is 14.3 Å². The lowest BCUT2D eigenvalue weighted by Gasteiger charge is -2.35. The van der Waals surface area contributed by atoms with Gasteiger partial charge in [0.25, 0.3) is 5.91 Å². The summed E-state index contributed by atoms with van der Waals surface area (Å²) in [4.78, 5) is 29.4. The fourth-order valence-electron chi connectivity index (χ4n) is 4.83. The lowest BCUT2D eigenvalue weighted by Crippen LogP contribution is -2.46. The fraction of sp³-hybridized carbons (Fsp3) is 0.750. The van der Waals surface area contributed by atoms with Crippen LogP contribution >= 0.6 is 0 Å². The third-order valence-corrected chi connectivity index (χ3v) is 5.88. The summed E-state index contributed by atoms with van der Waals surface area (Å²) in [5.41, 5.74) is 0.756. The van der Waals surface area contributed by atoms with Gasteiger partial charge < -0.3 is 19.9 Å². The van der Waals surface area contributed by atoms with Gasteiger partial charge in [-0.1, -0.05) is 27.7 Å². The number of nitrogens with zero attached hydrogens (tertiary/aromatic N) is 2. The van der Waals surface area contributed by atoms with Crippen LogP contribution in [-0.2, 0) is 14.3 Å². The predicted octanol–water partition coefficient (Wildman–Crippen LogP) is 3.45. The van der Waals surface area contributed by atoms with Crippen LogP contribution < -0.4 is 5.32 Å². The Labute approximate surface area is 181 Å². The minimum atomic E-state index is -0.330. The molecule has 0 aromatic carbocycles. The summed E-state index contributed by atoms with van der Waals surface area (Å²) in [6.07, 6.45) is 6.18. The molecule has 0 unspecified atom stereocenters. The van der Waals surface area contributed by atoms with E-state index in [0.717, 1.165) is 43.8 Å². The highest BCUT2D eigenvalue weighted by molar-refractivity contribution is 5.92. The highest BCUT2D eigenvalue weighted by Gasteiger charge is 2.43. The van der Waals surface area contributed by atoms with Crippen LogP contribution in [0.3, 0.4) is 0 Å². The van der Waals surface area contributed by atoms with Gasteiger partial charge in [-0.15, -0.1) is 0 Å². The molecule has 2 amide bonds. The number of hydrogen-bond donors (Lipinski definition) is 1. The standard InChI is InChI=1S/C24H39N3O3/c1-15(2)10-18-19(12-22(28)25-18)26-9-8-17(14-26)27-20(11-16(3)4)21(13-23(27)29)30-24(5,6)7/h12-13,15-18,20H,8-11,14H2,1-7H3,(H,25,28)/t17-,18-,20-/m0/s1. The molecule has 3 aliphatic heterocycles. The van der Waals surface area contributed by atoms with Crippen molar-refractivity contribution in [3.63, 3.8) is 0 Å². The number of ether oxygens (including phenoxy) is 1. The monoisotopic (exact) mass is 417 g/mol. The molecule has 168 valence electrons. The molecule has 0 aromatic rings. The van der Waals surface area contributed by atoms with E-state index in [1.807, 2.05) is 25.7 Å². The first kappa shape index (κ1) is 22.7. The molecule has 0 spiro atoms. The summed E-state index contributed by atoms with van der Waals surface area (Å²) in [7, 11) is 0. The Kier molecular flexibility index (Phi) is 6.54. The number of carbonyl (C=O) groups excluding carboxylic acids is 2. The Hall–Kier alpha value is -1.98. The summed E-state index contributed by atoms with van der Waals surface area (Å²) in [5, 5.41) is 3.09. The number of amides is 2. The van der Waals surface area contributed by atoms with Crippen LogP contribution in [0.2, 0.25) is 0 Å². The van der Waals surface area contributed by atoms with Crippen LogP contribution in [0.5, 0.6) is 0 Å². The maximum atomic E-state index is 13.0. The third-order valence-electron chi connectivity index (χ3n) is 5.88. The Morgan fingerprint density at radius 3 is 2.37 bits per heavy atom. The molecule has 0 saturated carbocycles. The van der Waals surface area contributed by atoms with Crippen molar-refractivity contribution in [1.82, 2.24) is 15.1 Å². The second-order valence-electron chi connectivity index (χ2n) is 10.8. The van der Waals surface area contributed by atoms with E-state index in [4.69, 9.17) is 4.74 Å². The molecular formula is C24H39N3O3. The molecule has 1 fully saturated rings. The zero-order chi connectivity index (χ0) is 22.2. The summed E-state index contributed by atoms with van der Waals surface area (Å²) >= 11 is 0. The lowest BCUT2D eigenvalue weighted by atomic mass is 10.0. The Bertz CT molecular complexity index is 732. The van der Waals surface area contributed by atoms with E-state index < -0.39 is 0 Å². The van der Waals surface area contributed by atoms with Crippen LogP contribution in [0.15, 0.2) is 23.6 Å². The molecule has 0 bridgehead atoms. The minimum absolute atomic E-state index is 0.00318. The molecular weight excluding hydrogens is 378 g/mol. The number of hydrogen-bond acceptors (Lipinski definition) is 4. The molecule has 6 heteroatoms. The Balaban J connectivity index is 1.75. The molecule has 0 aromatic heterocycles. The second kappa shape index (κ2) is 8.64. The molecule has 6 nitrogen and oxygen atoms in total. The van der Waals surface area contributed by atoms with Crippen LogP contribution in [0.4, 0.5) is 0 Å². The fourth-order valence-corrected chi connectivity index (χ4v) is 4.83. The number of likely N-dealkylation sites (tertiary alicyclic amines) is 1. The lowest BCUT2D eigenvalue weighted by molar-refractivity contribution is -0.129. The number of rotatable bonds is 7. The van der Waals surface area contributed by atoms with Crippen LogP contribution in [0.1, 0.15) is 67.7 Å². The van der Waals surface area contributed by atoms with Gasteiger partial charge in [0.1, 0.15) is 11.4 Å². The Morgan fingerprint density at radius 2 is 1.77 bits per heavy atom. The third kappa shape index (κ3) is 5.19. The van der Waals surface area contributed by atoms with Gasteiger partial charge in [-0.25, -0.2) is 0 Å². The van der Waals surface area contributed by atoms with Gasteiger partial charge in [-0.3, -0.25) is 9.59 Å². The number of nitrogens with one attached hydrogen (secondary N) is 1. The molecule has 3 atom stereocenters. The molecule has 1 N–H and O–H groups in total. The summed E-state index contributed by atoms with van der Waals surface area (Å²) in [5.74, 6) is 1.82. The highest BCUT2D eigenvalue weighted by Crippen LogP contribution is 2.35. The average molecular weight is 418 g/mol. The van der Waals surface area contributed by atoms with Crippen molar-refractivity contribution in [2.24, 2.45) is 11.8 Å². The molecule has 3 rings (SSSR count). The quantitative estimate of drug-likeness (QED) is 0.689. The van der Waals surface area contributed by atoms with E-state index in [1.54, 1.807) is 12.2 Å². The predicted molar refractivity (Wildman–Crippen MR) is 118 cm³/mol. The van der Waals surface area contributed by atoms with Gasteiger partial charge in [0.15, 0.2) is 0 Å². The second-order valence-corrected chi connectivity index (χ2v) is 10.8. The van der Waals surface area contributed by atoms with Gasteiger partial charge in [-0.2, -0.15) is 0 Å². The van der Waals surface area contributed by atoms with Gasteiger partial charge in [-0.05, 0) is 51.9 Å². The van der Waals surface area contributed by atoms with Crippen molar-refractivity contribution in [2.75, 3.05) is 13.1 Å². The van der Waals surface area contributed by atoms with E-state index in [9.17, 15) is 9.59 Å². The van der Waals surface area contributed by atoms with E-state index in [2.05, 4.69) is 37.9 Å². The van der Waals surface area contributed by atoms with Crippen molar-refractivity contribution in [1.29, 1.82) is 0 Å². The SMILES string of the molecule is CC(C)C[C@@H]1NC(=O)C=C1N1CC[C@H](N2C(=O)C=C(OC(C)(C)C)[C@@H]2CC(C)C)C1. The maximum absolute atomic E-state index is 13.0. The van der Waals surface area contributed by atoms with Crippen LogP contribution in [0, 0.1) is 11.8 Å². The van der Waals surface area contributed by atoms with E-state index in [0.29, 0.717) is 11.8 Å². The van der Waals surface area contributed by atoms with Gasteiger partial charge >= 0.3 is 0 Å². The largest absolute Gasteiger partial charge is 0.490 e. The van der Waals surface area contributed by atoms with Crippen molar-refractivity contribution in [2.45, 2.75) is 91.5 Å². The zero-order valence-electron chi connectivity index (χ0n) is 19.7. The van der Waals surface area contributed by atoms with E-state index in [-0.39, 0.29) is 35.5 Å². The normalized spacial score (nSPS) is 27.3. The molecule has 3 heterocycles. The summed E-state index contributed by atoms with van der Waals surface area (Å²) in [6, 6.07) is 0.204. The Morgan fingerprint density at radius 1 is 1.10 bits per heavy atom.